The molecule has 0 spiro atoms. The van der Waals surface area contributed by atoms with Crippen LogP contribution < -0.4 is 4.72 Å². The van der Waals surface area contributed by atoms with Gasteiger partial charge in [-0.3, -0.25) is 9.59 Å². The van der Waals surface area contributed by atoms with E-state index in [0.29, 0.717) is 0 Å². The van der Waals surface area contributed by atoms with Crippen LogP contribution in [0.25, 0.3) is 10.8 Å². The Morgan fingerprint density at radius 1 is 1.12 bits per heavy atom. The first-order valence-electron chi connectivity index (χ1n) is 8.10. The molecule has 0 saturated heterocycles. The predicted octanol–water partition coefficient (Wildman–Crippen LogP) is 1.53. The number of likely N-dealkylation sites (N-methyl/N-ethyl adjacent to an activating group) is 1. The van der Waals surface area contributed by atoms with Crippen LogP contribution in [0.3, 0.4) is 0 Å². The summed E-state index contributed by atoms with van der Waals surface area (Å²) in [5, 5.41) is 1.75. The minimum atomic E-state index is -3.74. The minimum Gasteiger partial charge on any atom is -0.452 e. The lowest BCUT2D eigenvalue weighted by Crippen LogP contribution is -2.35. The van der Waals surface area contributed by atoms with E-state index in [1.807, 2.05) is 24.3 Å². The number of fused-ring (bicyclic) bond motifs is 1. The number of sulfonamides is 1. The van der Waals surface area contributed by atoms with Crippen molar-refractivity contribution in [1.29, 1.82) is 0 Å². The first-order valence-corrected chi connectivity index (χ1v) is 9.58. The summed E-state index contributed by atoms with van der Waals surface area (Å²) in [5.74, 6) is -0.982. The predicted molar refractivity (Wildman–Crippen MR) is 98.0 cm³/mol. The van der Waals surface area contributed by atoms with Gasteiger partial charge >= 0.3 is 5.97 Å². The van der Waals surface area contributed by atoms with Gasteiger partial charge in [-0.2, -0.15) is 0 Å². The highest BCUT2D eigenvalue weighted by Crippen LogP contribution is 2.18. The van der Waals surface area contributed by atoms with Crippen molar-refractivity contribution in [1.82, 2.24) is 9.62 Å². The van der Waals surface area contributed by atoms with Crippen molar-refractivity contribution in [2.75, 3.05) is 20.6 Å². The molecule has 2 aromatic carbocycles. The van der Waals surface area contributed by atoms with Gasteiger partial charge in [0, 0.05) is 20.6 Å². The van der Waals surface area contributed by atoms with E-state index in [4.69, 9.17) is 4.74 Å². The Morgan fingerprint density at radius 3 is 2.42 bits per heavy atom. The summed E-state index contributed by atoms with van der Waals surface area (Å²) < 4.78 is 32.1. The van der Waals surface area contributed by atoms with Crippen LogP contribution in [0.1, 0.15) is 13.3 Å². The molecule has 140 valence electrons. The molecule has 2 aromatic rings. The molecule has 0 saturated carbocycles. The standard InChI is InChI=1S/C18H22N2O5S/c1-13(18(22)20(2)3)25-17(21)10-11-19-26(23,24)16-9-8-14-6-4-5-7-15(14)12-16/h4-9,12-13,19H,10-11H2,1-3H3/t13-/m0/s1. The lowest BCUT2D eigenvalue weighted by atomic mass is 10.1. The van der Waals surface area contributed by atoms with Crippen LogP contribution in [-0.4, -0.2) is 51.9 Å². The minimum absolute atomic E-state index is 0.114. The van der Waals surface area contributed by atoms with Crippen LogP contribution in [0, 0.1) is 0 Å². The highest BCUT2D eigenvalue weighted by Gasteiger charge is 2.20. The number of hydrogen-bond donors (Lipinski definition) is 1. The summed E-state index contributed by atoms with van der Waals surface area (Å²) in [4.78, 5) is 24.8. The largest absolute Gasteiger partial charge is 0.452 e. The Kier molecular flexibility index (Phi) is 6.33. The van der Waals surface area contributed by atoms with Crippen molar-refractivity contribution < 1.29 is 22.7 Å². The average molecular weight is 378 g/mol. The number of benzene rings is 2. The van der Waals surface area contributed by atoms with E-state index in [-0.39, 0.29) is 23.8 Å². The highest BCUT2D eigenvalue weighted by molar-refractivity contribution is 7.89. The fraction of sp³-hybridized carbons (Fsp3) is 0.333. The van der Waals surface area contributed by atoms with E-state index >= 15 is 0 Å². The lowest BCUT2D eigenvalue weighted by Gasteiger charge is -2.17. The molecule has 0 aliphatic rings. The number of amides is 1. The number of esters is 1. The smallest absolute Gasteiger partial charge is 0.307 e. The zero-order valence-electron chi connectivity index (χ0n) is 14.9. The van der Waals surface area contributed by atoms with E-state index in [1.54, 1.807) is 26.2 Å². The lowest BCUT2D eigenvalue weighted by molar-refractivity contribution is -0.157. The number of nitrogens with one attached hydrogen (secondary N) is 1. The van der Waals surface area contributed by atoms with E-state index in [2.05, 4.69) is 4.72 Å². The number of carbonyl (C=O) groups excluding carboxylic acids is 2. The van der Waals surface area contributed by atoms with E-state index < -0.39 is 22.1 Å². The van der Waals surface area contributed by atoms with E-state index in [1.165, 1.54) is 17.9 Å². The molecular formula is C18H22N2O5S. The summed E-state index contributed by atoms with van der Waals surface area (Å²) >= 11 is 0. The molecule has 0 aliphatic heterocycles. The quantitative estimate of drug-likeness (QED) is 0.738. The van der Waals surface area contributed by atoms with Gasteiger partial charge in [-0.1, -0.05) is 30.3 Å². The van der Waals surface area contributed by atoms with Gasteiger partial charge in [0.1, 0.15) is 0 Å². The monoisotopic (exact) mass is 378 g/mol. The fourth-order valence-corrected chi connectivity index (χ4v) is 3.44. The Balaban J connectivity index is 1.93. The molecule has 0 radical (unpaired) electrons. The number of rotatable bonds is 7. The number of carbonyl (C=O) groups is 2. The maximum Gasteiger partial charge on any atom is 0.307 e. The summed E-state index contributed by atoms with van der Waals surface area (Å²) in [5.41, 5.74) is 0. The average Bonchev–Trinajstić information content (AvgIpc) is 2.60. The first kappa shape index (κ1) is 19.9. The maximum atomic E-state index is 12.4. The van der Waals surface area contributed by atoms with Crippen molar-refractivity contribution in [2.45, 2.75) is 24.3 Å². The van der Waals surface area contributed by atoms with Crippen molar-refractivity contribution in [3.63, 3.8) is 0 Å². The van der Waals surface area contributed by atoms with Crippen molar-refractivity contribution >= 4 is 32.7 Å². The topological polar surface area (TPSA) is 92.8 Å². The highest BCUT2D eigenvalue weighted by atomic mass is 32.2. The number of hydrogen-bond acceptors (Lipinski definition) is 5. The van der Waals surface area contributed by atoms with Crippen LogP contribution in [0.4, 0.5) is 0 Å². The van der Waals surface area contributed by atoms with Gasteiger partial charge in [0.15, 0.2) is 6.10 Å². The van der Waals surface area contributed by atoms with Gasteiger partial charge in [0.2, 0.25) is 10.0 Å². The van der Waals surface area contributed by atoms with Gasteiger partial charge in [0.25, 0.3) is 5.91 Å². The molecule has 0 aromatic heterocycles. The van der Waals surface area contributed by atoms with Crippen molar-refractivity contribution in [3.05, 3.63) is 42.5 Å². The van der Waals surface area contributed by atoms with Crippen LogP contribution in [0.5, 0.6) is 0 Å². The molecule has 0 aliphatic carbocycles. The van der Waals surface area contributed by atoms with Gasteiger partial charge in [-0.15, -0.1) is 0 Å². The molecule has 0 bridgehead atoms. The number of ether oxygens (including phenoxy) is 1. The Labute approximate surface area is 153 Å². The number of nitrogens with zero attached hydrogens (tertiary/aromatic N) is 1. The third kappa shape index (κ3) is 5.03. The van der Waals surface area contributed by atoms with Crippen molar-refractivity contribution in [2.24, 2.45) is 0 Å². The third-order valence-corrected chi connectivity index (χ3v) is 5.21. The zero-order valence-corrected chi connectivity index (χ0v) is 15.7. The van der Waals surface area contributed by atoms with Crippen LogP contribution in [0.15, 0.2) is 47.4 Å². The second-order valence-electron chi connectivity index (χ2n) is 6.02. The first-order chi connectivity index (χ1) is 12.2. The van der Waals surface area contributed by atoms with Crippen LogP contribution in [0.2, 0.25) is 0 Å². The molecule has 1 N–H and O–H groups in total. The molecule has 1 amide bonds. The Hall–Kier alpha value is -2.45. The summed E-state index contributed by atoms with van der Waals surface area (Å²) in [7, 11) is -0.619. The van der Waals surface area contributed by atoms with Gasteiger partial charge in [-0.05, 0) is 29.8 Å². The maximum absolute atomic E-state index is 12.4. The van der Waals surface area contributed by atoms with Crippen LogP contribution >= 0.6 is 0 Å². The van der Waals surface area contributed by atoms with Crippen molar-refractivity contribution in [3.8, 4) is 0 Å². The molecule has 0 unspecified atom stereocenters. The zero-order chi connectivity index (χ0) is 19.3. The van der Waals surface area contributed by atoms with Crippen LogP contribution in [-0.2, 0) is 24.3 Å². The molecule has 8 heteroatoms. The molecule has 7 nitrogen and oxygen atoms in total. The molecular weight excluding hydrogens is 356 g/mol. The molecule has 1 atom stereocenters. The Morgan fingerprint density at radius 2 is 1.77 bits per heavy atom. The summed E-state index contributed by atoms with van der Waals surface area (Å²) in [6.07, 6.45) is -1.08. The third-order valence-electron chi connectivity index (χ3n) is 3.75. The normalized spacial score (nSPS) is 12.6. The second-order valence-corrected chi connectivity index (χ2v) is 7.79. The van der Waals surface area contributed by atoms with Gasteiger partial charge in [0.05, 0.1) is 11.3 Å². The molecule has 0 fully saturated rings. The van der Waals surface area contributed by atoms with E-state index in [0.717, 1.165) is 10.8 Å². The molecule has 0 heterocycles. The second kappa shape index (κ2) is 8.29. The molecule has 26 heavy (non-hydrogen) atoms. The SMILES string of the molecule is C[C@H](OC(=O)CCNS(=O)(=O)c1ccc2ccccc2c1)C(=O)N(C)C. The van der Waals surface area contributed by atoms with E-state index in [9.17, 15) is 18.0 Å². The Bertz CT molecular complexity index is 909. The van der Waals surface area contributed by atoms with Gasteiger partial charge in [-0.25, -0.2) is 13.1 Å². The fourth-order valence-electron chi connectivity index (χ4n) is 2.38. The molecule has 2 rings (SSSR count). The summed E-state index contributed by atoms with van der Waals surface area (Å²) in [6.45, 7) is 1.36. The van der Waals surface area contributed by atoms with Gasteiger partial charge < -0.3 is 9.64 Å². The summed E-state index contributed by atoms with van der Waals surface area (Å²) in [6, 6.07) is 12.3.